The zero-order valence-corrected chi connectivity index (χ0v) is 13.9. The summed E-state index contributed by atoms with van der Waals surface area (Å²) >= 11 is 0. The zero-order valence-electron chi connectivity index (χ0n) is 13.9. The summed E-state index contributed by atoms with van der Waals surface area (Å²) in [6.45, 7) is 5.77. The van der Waals surface area contributed by atoms with Gasteiger partial charge in [0, 0.05) is 27.7 Å². The summed E-state index contributed by atoms with van der Waals surface area (Å²) in [6, 6.07) is 0. The zero-order chi connectivity index (χ0) is 18.4. The number of carboxylic acids is 4. The molecular weight excluding hydrogens is 318 g/mol. The first-order valence-corrected chi connectivity index (χ1v) is 5.53. The second-order valence-electron chi connectivity index (χ2n) is 3.01. The Morgan fingerprint density at radius 2 is 0.739 bits per heavy atom. The molecule has 0 aromatic carbocycles. The van der Waals surface area contributed by atoms with Crippen LogP contribution in [0.5, 0.6) is 0 Å². The Hall–Kier alpha value is -2.28. The van der Waals surface area contributed by atoms with Crippen molar-refractivity contribution in [1.29, 1.82) is 0 Å². The molecule has 0 rings (SSSR count). The molecule has 0 aliphatic carbocycles. The molecule has 144 valence electrons. The van der Waals surface area contributed by atoms with E-state index in [2.05, 4.69) is 0 Å². The van der Waals surface area contributed by atoms with Crippen LogP contribution < -0.4 is 17.6 Å². The minimum absolute atomic E-state index is 0. The number of hydrogen-bond acceptors (Lipinski definition) is 7. The second-order valence-corrected chi connectivity index (χ2v) is 3.01. The molecule has 0 aliphatic heterocycles. The van der Waals surface area contributed by atoms with Crippen LogP contribution in [0, 0.1) is 0 Å². The SMILES string of the molecule is CC(=O)O.CC(=O)O.CC(=O)O.CC(=O)O.N.NCCCN.O. The van der Waals surface area contributed by atoms with Gasteiger partial charge in [0.25, 0.3) is 23.9 Å². The van der Waals surface area contributed by atoms with E-state index in [1.165, 1.54) is 0 Å². The summed E-state index contributed by atoms with van der Waals surface area (Å²) in [6.07, 6.45) is 0.944. The van der Waals surface area contributed by atoms with Crippen molar-refractivity contribution in [2.45, 2.75) is 34.1 Å². The molecule has 0 saturated heterocycles. The third kappa shape index (κ3) is 79000. The Morgan fingerprint density at radius 3 is 0.739 bits per heavy atom. The van der Waals surface area contributed by atoms with Gasteiger partial charge in [-0.1, -0.05) is 0 Å². The Morgan fingerprint density at radius 1 is 0.652 bits per heavy atom. The van der Waals surface area contributed by atoms with Crippen LogP contribution in [0.25, 0.3) is 0 Å². The van der Waals surface area contributed by atoms with Crippen LogP contribution in [0.2, 0.25) is 0 Å². The van der Waals surface area contributed by atoms with E-state index in [1.807, 2.05) is 0 Å². The van der Waals surface area contributed by atoms with E-state index in [0.717, 1.165) is 47.2 Å². The highest BCUT2D eigenvalue weighted by molar-refractivity contribution is 5.63. The van der Waals surface area contributed by atoms with E-state index in [1.54, 1.807) is 0 Å². The van der Waals surface area contributed by atoms with Gasteiger partial charge in [-0.2, -0.15) is 0 Å². The first-order valence-electron chi connectivity index (χ1n) is 5.53. The number of rotatable bonds is 2. The molecule has 0 radical (unpaired) electrons. The molecule has 0 aromatic rings. The maximum Gasteiger partial charge on any atom is 0.300 e. The lowest BCUT2D eigenvalue weighted by molar-refractivity contribution is -0.135. The molecule has 0 spiro atoms. The number of carbonyl (C=O) groups is 4. The highest BCUT2D eigenvalue weighted by Gasteiger charge is 1.68. The van der Waals surface area contributed by atoms with E-state index in [4.69, 9.17) is 51.1 Å². The minimum Gasteiger partial charge on any atom is -0.481 e. The van der Waals surface area contributed by atoms with Crippen LogP contribution in [-0.2, 0) is 19.2 Å². The quantitative estimate of drug-likeness (QED) is 0.317. The van der Waals surface area contributed by atoms with E-state index in [9.17, 15) is 0 Å². The van der Waals surface area contributed by atoms with E-state index in [-0.39, 0.29) is 11.6 Å². The van der Waals surface area contributed by atoms with Crippen molar-refractivity contribution in [3.05, 3.63) is 0 Å². The maximum absolute atomic E-state index is 9.00. The molecule has 0 aliphatic rings. The van der Waals surface area contributed by atoms with Crippen molar-refractivity contribution in [1.82, 2.24) is 6.15 Å². The Labute approximate surface area is 135 Å². The first-order chi connectivity index (χ1) is 9.34. The maximum atomic E-state index is 9.00. The number of carboxylic acid groups (broad SMARTS) is 4. The molecule has 0 bridgehead atoms. The molecule has 0 aromatic heterocycles. The molecular formula is C11H31N3O9. The van der Waals surface area contributed by atoms with Gasteiger partial charge in [0.1, 0.15) is 0 Å². The fraction of sp³-hybridized carbons (Fsp3) is 0.636. The third-order valence-corrected chi connectivity index (χ3v) is 0.408. The van der Waals surface area contributed by atoms with Crippen molar-refractivity contribution in [3.8, 4) is 0 Å². The van der Waals surface area contributed by atoms with Crippen LogP contribution in [0.3, 0.4) is 0 Å². The lowest BCUT2D eigenvalue weighted by atomic mass is 10.4. The smallest absolute Gasteiger partial charge is 0.300 e. The van der Waals surface area contributed by atoms with Gasteiger partial charge in [-0.15, -0.1) is 0 Å². The van der Waals surface area contributed by atoms with Gasteiger partial charge in [0.15, 0.2) is 0 Å². The fourth-order valence-electron chi connectivity index (χ4n) is 0.118. The fourth-order valence-corrected chi connectivity index (χ4v) is 0.118. The molecule has 0 unspecified atom stereocenters. The van der Waals surface area contributed by atoms with Crippen molar-refractivity contribution in [2.24, 2.45) is 11.5 Å². The predicted octanol–water partition coefficient (Wildman–Crippen LogP) is -1.01. The van der Waals surface area contributed by atoms with Crippen LogP contribution in [0.4, 0.5) is 0 Å². The predicted molar refractivity (Wildman–Crippen MR) is 84.6 cm³/mol. The highest BCUT2D eigenvalue weighted by atomic mass is 16.4. The van der Waals surface area contributed by atoms with Crippen LogP contribution in [0.15, 0.2) is 0 Å². The highest BCUT2D eigenvalue weighted by Crippen LogP contribution is 1.58. The van der Waals surface area contributed by atoms with Crippen molar-refractivity contribution in [3.63, 3.8) is 0 Å². The van der Waals surface area contributed by atoms with Gasteiger partial charge in [0.05, 0.1) is 0 Å². The molecule has 0 atom stereocenters. The minimum atomic E-state index is -0.833. The number of hydrogen-bond donors (Lipinski definition) is 7. The summed E-state index contributed by atoms with van der Waals surface area (Å²) in [4.78, 5) is 36.0. The Balaban J connectivity index is -0.0000000273. The van der Waals surface area contributed by atoms with Gasteiger partial charge < -0.3 is 43.5 Å². The van der Waals surface area contributed by atoms with E-state index in [0.29, 0.717) is 0 Å². The summed E-state index contributed by atoms with van der Waals surface area (Å²) in [7, 11) is 0. The third-order valence-electron chi connectivity index (χ3n) is 0.408. The molecule has 0 heterocycles. The van der Waals surface area contributed by atoms with Gasteiger partial charge in [0.2, 0.25) is 0 Å². The average molecular weight is 349 g/mol. The van der Waals surface area contributed by atoms with Crippen LogP contribution in [0.1, 0.15) is 34.1 Å². The molecule has 23 heavy (non-hydrogen) atoms. The van der Waals surface area contributed by atoms with Crippen molar-refractivity contribution >= 4 is 23.9 Å². The van der Waals surface area contributed by atoms with Gasteiger partial charge in [-0.3, -0.25) is 19.2 Å². The average Bonchev–Trinajstić information content (AvgIpc) is 2.14. The van der Waals surface area contributed by atoms with Crippen LogP contribution >= 0.6 is 0 Å². The molecule has 12 nitrogen and oxygen atoms in total. The summed E-state index contributed by atoms with van der Waals surface area (Å²) in [5.74, 6) is -3.33. The summed E-state index contributed by atoms with van der Waals surface area (Å²) in [5.41, 5.74) is 10.1. The Bertz CT molecular complexity index is 207. The largest absolute Gasteiger partial charge is 0.481 e. The monoisotopic (exact) mass is 349 g/mol. The second kappa shape index (κ2) is 42.7. The Kier molecular flexibility index (Phi) is 79.5. The number of aliphatic carboxylic acids is 4. The first kappa shape index (κ1) is 42.8. The lowest BCUT2D eigenvalue weighted by Gasteiger charge is -1.81. The summed E-state index contributed by atoms with van der Waals surface area (Å²) in [5, 5.41) is 29.7. The molecule has 12 heteroatoms. The summed E-state index contributed by atoms with van der Waals surface area (Å²) < 4.78 is 0. The number of nitrogens with two attached hydrogens (primary N) is 2. The molecule has 0 fully saturated rings. The lowest BCUT2D eigenvalue weighted by Crippen LogP contribution is -2.06. The molecule has 0 saturated carbocycles. The van der Waals surface area contributed by atoms with Crippen molar-refractivity contribution < 1.29 is 45.1 Å². The van der Waals surface area contributed by atoms with Gasteiger partial charge >= 0.3 is 0 Å². The molecule has 0 amide bonds. The van der Waals surface area contributed by atoms with E-state index >= 15 is 0 Å². The topological polar surface area (TPSA) is 268 Å². The van der Waals surface area contributed by atoms with Gasteiger partial charge in [-0.05, 0) is 19.5 Å². The molecule has 13 N–H and O–H groups in total. The normalized spacial score (nSPS) is 6.17. The van der Waals surface area contributed by atoms with Crippen molar-refractivity contribution in [2.75, 3.05) is 13.1 Å². The van der Waals surface area contributed by atoms with Crippen LogP contribution in [-0.4, -0.2) is 62.9 Å². The van der Waals surface area contributed by atoms with Gasteiger partial charge in [-0.25, -0.2) is 0 Å². The van der Waals surface area contributed by atoms with E-state index < -0.39 is 23.9 Å². The standard InChI is InChI=1S/C3H10N2.4C2H4O2.H3N.H2O/c4-2-1-3-5;4*1-2(3)4;;/h1-5H2;4*1H3,(H,3,4);1H3;1H2.